The van der Waals surface area contributed by atoms with Crippen molar-refractivity contribution >= 4 is 23.1 Å². The molecule has 1 nitrogen and oxygen atoms in total. The molecule has 2 aromatic carbocycles. The highest BCUT2D eigenvalue weighted by Gasteiger charge is 2.10. The van der Waals surface area contributed by atoms with Gasteiger partial charge in [0.15, 0.2) is 0 Å². The SMILES string of the molecule is CC.Cc1ccc2c(c1)c1c(n2-c2ccccc2)=CCCC=1. The van der Waals surface area contributed by atoms with Gasteiger partial charge in [0.25, 0.3) is 0 Å². The highest BCUT2D eigenvalue weighted by atomic mass is 15.0. The van der Waals surface area contributed by atoms with Gasteiger partial charge in [0, 0.05) is 21.6 Å². The summed E-state index contributed by atoms with van der Waals surface area (Å²) < 4.78 is 2.39. The van der Waals surface area contributed by atoms with Crippen molar-refractivity contribution in [1.29, 1.82) is 0 Å². The molecular weight excluding hydrogens is 266 g/mol. The van der Waals surface area contributed by atoms with Gasteiger partial charge in [-0.1, -0.05) is 55.8 Å². The lowest BCUT2D eigenvalue weighted by Crippen LogP contribution is -2.30. The van der Waals surface area contributed by atoms with E-state index in [0.29, 0.717) is 0 Å². The van der Waals surface area contributed by atoms with Crippen LogP contribution in [0.2, 0.25) is 0 Å². The Morgan fingerprint density at radius 1 is 0.864 bits per heavy atom. The van der Waals surface area contributed by atoms with Crippen molar-refractivity contribution in [2.75, 3.05) is 0 Å². The van der Waals surface area contributed by atoms with E-state index in [-0.39, 0.29) is 0 Å². The minimum absolute atomic E-state index is 1.13. The van der Waals surface area contributed by atoms with E-state index < -0.39 is 0 Å². The maximum Gasteiger partial charge on any atom is 0.0541 e. The zero-order valence-electron chi connectivity index (χ0n) is 13.6. The smallest absolute Gasteiger partial charge is 0.0541 e. The summed E-state index contributed by atoms with van der Waals surface area (Å²) in [4.78, 5) is 0. The van der Waals surface area contributed by atoms with Crippen LogP contribution in [0.3, 0.4) is 0 Å². The van der Waals surface area contributed by atoms with Crippen molar-refractivity contribution in [1.82, 2.24) is 4.57 Å². The molecule has 1 aliphatic carbocycles. The van der Waals surface area contributed by atoms with E-state index in [2.05, 4.69) is 72.2 Å². The molecule has 1 heteroatoms. The Kier molecular flexibility index (Phi) is 4.15. The predicted octanol–water partition coefficient (Wildman–Crippen LogP) is 4.32. The first kappa shape index (κ1) is 14.6. The number of aryl methyl sites for hydroxylation is 1. The second-order valence-corrected chi connectivity index (χ2v) is 5.48. The van der Waals surface area contributed by atoms with Crippen LogP contribution in [-0.2, 0) is 0 Å². The molecule has 0 amide bonds. The molecule has 1 aromatic heterocycles. The molecule has 1 aliphatic rings. The first-order chi connectivity index (χ1) is 10.8. The molecule has 1 heterocycles. The largest absolute Gasteiger partial charge is 0.310 e. The van der Waals surface area contributed by atoms with E-state index in [9.17, 15) is 0 Å². The average molecular weight is 289 g/mol. The third-order valence-corrected chi connectivity index (χ3v) is 4.07. The monoisotopic (exact) mass is 289 g/mol. The Hall–Kier alpha value is -2.28. The Morgan fingerprint density at radius 2 is 1.59 bits per heavy atom. The summed E-state index contributed by atoms with van der Waals surface area (Å²) in [6.07, 6.45) is 7.04. The first-order valence-electron chi connectivity index (χ1n) is 8.21. The van der Waals surface area contributed by atoms with Crippen LogP contribution in [0.4, 0.5) is 0 Å². The molecule has 0 radical (unpaired) electrons. The first-order valence-corrected chi connectivity index (χ1v) is 8.21. The quantitative estimate of drug-likeness (QED) is 0.629. The molecule has 0 unspecified atom stereocenters. The topological polar surface area (TPSA) is 4.93 Å². The van der Waals surface area contributed by atoms with Crippen molar-refractivity contribution < 1.29 is 0 Å². The number of nitrogens with zero attached hydrogens (tertiary/aromatic N) is 1. The van der Waals surface area contributed by atoms with Crippen molar-refractivity contribution in [3.8, 4) is 5.69 Å². The fourth-order valence-corrected chi connectivity index (χ4v) is 3.17. The number of hydrogen-bond donors (Lipinski definition) is 0. The summed E-state index contributed by atoms with van der Waals surface area (Å²) in [5, 5.41) is 4.13. The van der Waals surface area contributed by atoms with Crippen LogP contribution in [0.25, 0.3) is 28.7 Å². The van der Waals surface area contributed by atoms with Crippen LogP contribution < -0.4 is 10.6 Å². The van der Waals surface area contributed by atoms with E-state index in [0.717, 1.165) is 12.8 Å². The maximum absolute atomic E-state index is 2.39. The Labute approximate surface area is 132 Å². The summed E-state index contributed by atoms with van der Waals surface area (Å²) in [5.74, 6) is 0. The van der Waals surface area contributed by atoms with Crippen LogP contribution in [-0.4, -0.2) is 4.57 Å². The Bertz CT molecular complexity index is 898. The zero-order valence-corrected chi connectivity index (χ0v) is 13.6. The normalized spacial score (nSPS) is 12.7. The maximum atomic E-state index is 2.39. The molecule has 0 atom stereocenters. The van der Waals surface area contributed by atoms with Gasteiger partial charge in [-0.25, -0.2) is 0 Å². The minimum atomic E-state index is 1.13. The lowest BCUT2D eigenvalue weighted by molar-refractivity contribution is 1.02. The van der Waals surface area contributed by atoms with Gasteiger partial charge in [-0.15, -0.1) is 0 Å². The zero-order chi connectivity index (χ0) is 15.5. The Morgan fingerprint density at radius 3 is 2.36 bits per heavy atom. The molecule has 0 fully saturated rings. The third kappa shape index (κ3) is 2.37. The average Bonchev–Trinajstić information content (AvgIpc) is 2.91. The Balaban J connectivity index is 0.000000693. The van der Waals surface area contributed by atoms with Crippen molar-refractivity contribution in [2.45, 2.75) is 33.6 Å². The van der Waals surface area contributed by atoms with E-state index in [1.165, 1.54) is 32.7 Å². The van der Waals surface area contributed by atoms with Crippen LogP contribution >= 0.6 is 0 Å². The number of hydrogen-bond acceptors (Lipinski definition) is 0. The summed E-state index contributed by atoms with van der Waals surface area (Å²) in [5.41, 5.74) is 3.87. The molecule has 0 spiro atoms. The molecule has 0 bridgehead atoms. The van der Waals surface area contributed by atoms with Crippen molar-refractivity contribution in [2.24, 2.45) is 0 Å². The molecule has 0 aliphatic heterocycles. The summed E-state index contributed by atoms with van der Waals surface area (Å²) >= 11 is 0. The molecule has 112 valence electrons. The molecule has 0 N–H and O–H groups in total. The van der Waals surface area contributed by atoms with E-state index in [4.69, 9.17) is 0 Å². The summed E-state index contributed by atoms with van der Waals surface area (Å²) in [6, 6.07) is 17.4. The van der Waals surface area contributed by atoms with Crippen molar-refractivity contribution in [3.63, 3.8) is 0 Å². The number of benzene rings is 2. The highest BCUT2D eigenvalue weighted by molar-refractivity contribution is 5.85. The van der Waals surface area contributed by atoms with Crippen molar-refractivity contribution in [3.05, 3.63) is 64.7 Å². The molecular formula is C21H23N. The predicted molar refractivity (Wildman–Crippen MR) is 96.8 cm³/mol. The fourth-order valence-electron chi connectivity index (χ4n) is 3.17. The second kappa shape index (κ2) is 6.23. The van der Waals surface area contributed by atoms with Gasteiger partial charge in [0.2, 0.25) is 0 Å². The second-order valence-electron chi connectivity index (χ2n) is 5.48. The summed E-state index contributed by atoms with van der Waals surface area (Å²) in [6.45, 7) is 6.16. The lowest BCUT2D eigenvalue weighted by atomic mass is 10.1. The molecule has 0 saturated carbocycles. The van der Waals surface area contributed by atoms with Crippen LogP contribution in [0.1, 0.15) is 32.3 Å². The molecule has 0 saturated heterocycles. The van der Waals surface area contributed by atoms with Gasteiger partial charge >= 0.3 is 0 Å². The number of rotatable bonds is 1. The molecule has 3 aromatic rings. The van der Waals surface area contributed by atoms with Crippen LogP contribution in [0.15, 0.2) is 48.5 Å². The summed E-state index contributed by atoms with van der Waals surface area (Å²) in [7, 11) is 0. The third-order valence-electron chi connectivity index (χ3n) is 4.07. The standard InChI is InChI=1S/C19H17N.C2H6/c1-14-11-12-19-17(13-14)16-9-5-6-10-18(16)20(19)15-7-3-2-4-8-15;1-2/h2-4,7-13H,5-6H2,1H3;1-2H3. The fraction of sp³-hybridized carbons (Fsp3) is 0.238. The molecule has 4 rings (SSSR count). The van der Waals surface area contributed by atoms with E-state index >= 15 is 0 Å². The van der Waals surface area contributed by atoms with Gasteiger partial charge in [0.1, 0.15) is 0 Å². The van der Waals surface area contributed by atoms with Gasteiger partial charge in [-0.05, 0) is 44.0 Å². The van der Waals surface area contributed by atoms with Crippen LogP contribution in [0.5, 0.6) is 0 Å². The van der Waals surface area contributed by atoms with Gasteiger partial charge in [-0.3, -0.25) is 0 Å². The minimum Gasteiger partial charge on any atom is -0.310 e. The molecule has 22 heavy (non-hydrogen) atoms. The highest BCUT2D eigenvalue weighted by Crippen LogP contribution is 2.17. The van der Waals surface area contributed by atoms with Gasteiger partial charge in [-0.2, -0.15) is 0 Å². The van der Waals surface area contributed by atoms with Gasteiger partial charge < -0.3 is 4.57 Å². The van der Waals surface area contributed by atoms with E-state index in [1.807, 2.05) is 13.8 Å². The van der Waals surface area contributed by atoms with Gasteiger partial charge in [0.05, 0.1) is 5.52 Å². The number of fused-ring (bicyclic) bond motifs is 3. The van der Waals surface area contributed by atoms with Crippen LogP contribution in [0, 0.1) is 6.92 Å². The van der Waals surface area contributed by atoms with E-state index in [1.54, 1.807) is 0 Å². The lowest BCUT2D eigenvalue weighted by Gasteiger charge is -2.07. The number of para-hydroxylation sites is 1. The number of aromatic nitrogens is 1.